The molecule has 0 unspecified atom stereocenters. The van der Waals surface area contributed by atoms with Crippen molar-refractivity contribution in [3.63, 3.8) is 0 Å². The molecule has 1 aliphatic heterocycles. The lowest BCUT2D eigenvalue weighted by Gasteiger charge is -2.27. The number of nitrogens with one attached hydrogen (secondary N) is 3. The molecular weight excluding hydrogens is 526 g/mol. The largest absolute Gasteiger partial charge is 0.494 e. The number of amides is 3. The lowest BCUT2D eigenvalue weighted by Crippen LogP contribution is -2.49. The Labute approximate surface area is 240 Å². The molecule has 9 nitrogen and oxygen atoms in total. The molecule has 2 heterocycles. The topological polar surface area (TPSA) is 138 Å². The van der Waals surface area contributed by atoms with E-state index in [1.54, 1.807) is 10.3 Å². The van der Waals surface area contributed by atoms with Crippen LogP contribution in [0.2, 0.25) is 0 Å². The van der Waals surface area contributed by atoms with Crippen LogP contribution in [-0.2, 0) is 14.4 Å². The molecule has 0 bridgehead atoms. The summed E-state index contributed by atoms with van der Waals surface area (Å²) in [5, 5.41) is 15.3. The minimum Gasteiger partial charge on any atom is -0.494 e. The molecule has 10 heteroatoms. The monoisotopic (exact) mass is 567 g/mol. The van der Waals surface area contributed by atoms with E-state index in [1.807, 2.05) is 43.3 Å². The zero-order valence-electron chi connectivity index (χ0n) is 23.2. The van der Waals surface area contributed by atoms with Crippen molar-refractivity contribution < 1.29 is 19.1 Å². The van der Waals surface area contributed by atoms with Crippen LogP contribution in [0, 0.1) is 17.2 Å². The van der Waals surface area contributed by atoms with E-state index in [9.17, 15) is 14.4 Å². The molecule has 40 heavy (non-hydrogen) atoms. The molecule has 5 N–H and O–H groups in total. The normalized spacial score (nSPS) is 20.1. The fraction of sp³-hybridized carbons (Fsp3) is 0.533. The lowest BCUT2D eigenvalue weighted by atomic mass is 9.79. The van der Waals surface area contributed by atoms with Gasteiger partial charge in [-0.1, -0.05) is 50.3 Å². The second kappa shape index (κ2) is 14.3. The number of para-hydroxylation sites is 1. The van der Waals surface area contributed by atoms with Crippen molar-refractivity contribution in [1.82, 2.24) is 15.5 Å². The van der Waals surface area contributed by atoms with Crippen molar-refractivity contribution in [2.75, 3.05) is 19.7 Å². The molecule has 3 amide bonds. The summed E-state index contributed by atoms with van der Waals surface area (Å²) >= 11 is 1.45. The van der Waals surface area contributed by atoms with E-state index in [0.29, 0.717) is 37.5 Å². The number of hydrogen-bond acceptors (Lipinski definition) is 6. The first-order chi connectivity index (χ1) is 19.3. The maximum absolute atomic E-state index is 13.5. The first-order valence-electron chi connectivity index (χ1n) is 14.3. The number of amidine groups is 1. The number of likely N-dealkylation sites (tertiary alicyclic amines) is 1. The average Bonchev–Trinajstić information content (AvgIpc) is 3.64. The van der Waals surface area contributed by atoms with Gasteiger partial charge in [0.2, 0.25) is 17.7 Å². The van der Waals surface area contributed by atoms with Gasteiger partial charge >= 0.3 is 0 Å². The summed E-state index contributed by atoms with van der Waals surface area (Å²) in [6, 6.07) is 10.4. The van der Waals surface area contributed by atoms with E-state index in [0.717, 1.165) is 23.5 Å². The molecule has 2 fully saturated rings. The molecule has 1 aliphatic carbocycles. The Bertz CT molecular complexity index is 1160. The zero-order valence-corrected chi connectivity index (χ0v) is 24.0. The van der Waals surface area contributed by atoms with Crippen molar-refractivity contribution >= 4 is 34.9 Å². The maximum atomic E-state index is 13.5. The molecule has 1 aromatic heterocycles. The first-order valence-corrected chi connectivity index (χ1v) is 15.2. The van der Waals surface area contributed by atoms with Gasteiger partial charge in [0.15, 0.2) is 0 Å². The van der Waals surface area contributed by atoms with Crippen LogP contribution in [0.1, 0.15) is 74.8 Å². The minimum absolute atomic E-state index is 0.00492. The second-order valence-electron chi connectivity index (χ2n) is 10.9. The fourth-order valence-corrected chi connectivity index (χ4v) is 6.66. The molecule has 4 rings (SSSR count). The number of ether oxygens (including phenoxy) is 1. The molecule has 216 valence electrons. The van der Waals surface area contributed by atoms with Crippen molar-refractivity contribution in [1.29, 1.82) is 5.41 Å². The highest BCUT2D eigenvalue weighted by molar-refractivity contribution is 7.10. The second-order valence-corrected chi connectivity index (χ2v) is 11.8. The fourth-order valence-electron chi connectivity index (χ4n) is 5.75. The summed E-state index contributed by atoms with van der Waals surface area (Å²) in [5.41, 5.74) is 6.23. The average molecular weight is 568 g/mol. The number of nitrogens with two attached hydrogens (primary N) is 1. The van der Waals surface area contributed by atoms with Gasteiger partial charge in [0.05, 0.1) is 19.2 Å². The Balaban J connectivity index is 1.31. The van der Waals surface area contributed by atoms with Crippen molar-refractivity contribution in [2.24, 2.45) is 17.6 Å². The highest BCUT2D eigenvalue weighted by Gasteiger charge is 2.42. The molecule has 1 aromatic carbocycles. The third kappa shape index (κ3) is 8.06. The van der Waals surface area contributed by atoms with Crippen LogP contribution in [0.5, 0.6) is 5.75 Å². The van der Waals surface area contributed by atoms with Crippen LogP contribution in [0.3, 0.4) is 0 Å². The molecule has 1 saturated heterocycles. The highest BCUT2D eigenvalue weighted by atomic mass is 32.1. The van der Waals surface area contributed by atoms with Crippen LogP contribution in [0.25, 0.3) is 0 Å². The number of benzene rings is 1. The third-order valence-electron chi connectivity index (χ3n) is 7.99. The van der Waals surface area contributed by atoms with Crippen molar-refractivity contribution in [2.45, 2.75) is 70.4 Å². The Kier molecular flexibility index (Phi) is 10.6. The third-order valence-corrected chi connectivity index (χ3v) is 9.10. The van der Waals surface area contributed by atoms with E-state index in [2.05, 4.69) is 10.6 Å². The molecule has 0 radical (unpaired) electrons. The minimum atomic E-state index is -0.565. The van der Waals surface area contributed by atoms with Gasteiger partial charge in [0, 0.05) is 28.8 Å². The Morgan fingerprint density at radius 3 is 2.60 bits per heavy atom. The van der Waals surface area contributed by atoms with Gasteiger partial charge in [-0.05, 0) is 49.8 Å². The van der Waals surface area contributed by atoms with Crippen LogP contribution >= 0.6 is 11.3 Å². The summed E-state index contributed by atoms with van der Waals surface area (Å²) in [5.74, 6) is 0.949. The summed E-state index contributed by atoms with van der Waals surface area (Å²) < 4.78 is 5.63. The SMILES string of the molecule is C[C@@H](NC(=O)[C@@H]1C[C@H](C2CCCCC2)CN1C(=O)CNC(=O)CCCOc1ccccc1)c1cc(C(=N)N)cs1. The van der Waals surface area contributed by atoms with E-state index in [-0.39, 0.29) is 48.5 Å². The van der Waals surface area contributed by atoms with Crippen molar-refractivity contribution in [3.8, 4) is 5.75 Å². The molecule has 2 aromatic rings. The number of carbonyl (C=O) groups excluding carboxylic acids is 3. The van der Waals surface area contributed by atoms with Crippen LogP contribution in [-0.4, -0.2) is 54.2 Å². The number of carbonyl (C=O) groups is 3. The van der Waals surface area contributed by atoms with E-state index in [4.69, 9.17) is 15.9 Å². The molecule has 1 saturated carbocycles. The van der Waals surface area contributed by atoms with Gasteiger partial charge in [-0.15, -0.1) is 11.3 Å². The summed E-state index contributed by atoms with van der Waals surface area (Å²) in [4.78, 5) is 41.8. The number of nitrogens with zero attached hydrogens (tertiary/aromatic N) is 1. The number of thiophene rings is 1. The van der Waals surface area contributed by atoms with Gasteiger partial charge in [0.1, 0.15) is 17.6 Å². The first kappa shape index (κ1) is 29.6. The molecule has 3 atom stereocenters. The van der Waals surface area contributed by atoms with E-state index in [1.165, 1.54) is 30.6 Å². The lowest BCUT2D eigenvalue weighted by molar-refractivity contribution is -0.139. The van der Waals surface area contributed by atoms with Gasteiger partial charge in [-0.3, -0.25) is 19.8 Å². The quantitative estimate of drug-likeness (QED) is 0.175. The van der Waals surface area contributed by atoms with Crippen LogP contribution < -0.4 is 21.1 Å². The van der Waals surface area contributed by atoms with Gasteiger partial charge < -0.3 is 26.0 Å². The van der Waals surface area contributed by atoms with E-state index >= 15 is 0 Å². The Hall–Kier alpha value is -3.40. The van der Waals surface area contributed by atoms with E-state index < -0.39 is 6.04 Å². The van der Waals surface area contributed by atoms with Crippen molar-refractivity contribution in [3.05, 3.63) is 52.2 Å². The number of rotatable bonds is 12. The maximum Gasteiger partial charge on any atom is 0.243 e. The molecule has 2 aliphatic rings. The number of hydrogen-bond donors (Lipinski definition) is 4. The Morgan fingerprint density at radius 1 is 1.15 bits per heavy atom. The van der Waals surface area contributed by atoms with Gasteiger partial charge in [-0.25, -0.2) is 0 Å². The molecular formula is C30H41N5O4S. The van der Waals surface area contributed by atoms with Gasteiger partial charge in [0.25, 0.3) is 0 Å². The zero-order chi connectivity index (χ0) is 28.5. The molecule has 0 spiro atoms. The standard InChI is InChI=1S/C30H41N5O4S/c1-20(26-16-23(19-40-26)29(31)32)34-30(38)25-15-22(21-9-4-2-5-10-21)18-35(25)28(37)17-33-27(36)13-8-14-39-24-11-6-3-7-12-24/h3,6-7,11-12,16,19-22,25H,2,4-5,8-10,13-15,17-18H2,1H3,(H3,31,32)(H,33,36)(H,34,38)/t20-,22+,25+/m1/s1. The summed E-state index contributed by atoms with van der Waals surface area (Å²) in [6.07, 6.45) is 7.37. The smallest absolute Gasteiger partial charge is 0.243 e. The number of nitrogen functional groups attached to an aromatic ring is 1. The predicted octanol–water partition coefficient (Wildman–Crippen LogP) is 3.98. The summed E-state index contributed by atoms with van der Waals surface area (Å²) in [7, 11) is 0. The highest BCUT2D eigenvalue weighted by Crippen LogP contribution is 2.38. The summed E-state index contributed by atoms with van der Waals surface area (Å²) in [6.45, 7) is 2.74. The van der Waals surface area contributed by atoms with Crippen LogP contribution in [0.4, 0.5) is 0 Å². The Morgan fingerprint density at radius 2 is 1.90 bits per heavy atom. The predicted molar refractivity (Wildman–Crippen MR) is 156 cm³/mol. The van der Waals surface area contributed by atoms with Gasteiger partial charge in [-0.2, -0.15) is 0 Å². The van der Waals surface area contributed by atoms with Crippen LogP contribution in [0.15, 0.2) is 41.8 Å².